The van der Waals surface area contributed by atoms with E-state index in [4.69, 9.17) is 11.6 Å². The minimum Gasteiger partial charge on any atom is -0.263 e. The molecule has 6 heteroatoms. The van der Waals surface area contributed by atoms with Gasteiger partial charge >= 0.3 is 0 Å². The fourth-order valence-corrected chi connectivity index (χ4v) is 2.41. The van der Waals surface area contributed by atoms with Crippen molar-refractivity contribution in [2.75, 3.05) is 6.54 Å². The summed E-state index contributed by atoms with van der Waals surface area (Å²) in [4.78, 5) is 3.71. The van der Waals surface area contributed by atoms with Crippen LogP contribution < -0.4 is 4.72 Å². The normalized spacial score (nSPS) is 11.3. The lowest BCUT2D eigenvalue weighted by molar-refractivity contribution is 0.582. The van der Waals surface area contributed by atoms with Crippen LogP contribution in [0.3, 0.4) is 0 Å². The van der Waals surface area contributed by atoms with Gasteiger partial charge < -0.3 is 0 Å². The van der Waals surface area contributed by atoms with Crippen molar-refractivity contribution in [2.45, 2.75) is 11.3 Å². The highest BCUT2D eigenvalue weighted by Crippen LogP contribution is 2.18. The molecule has 1 rings (SSSR count). The fourth-order valence-electron chi connectivity index (χ4n) is 0.934. The molecule has 0 saturated carbocycles. The molecule has 0 bridgehead atoms. The summed E-state index contributed by atoms with van der Waals surface area (Å²) in [6.45, 7) is 3.80. The number of halogens is 1. The molecule has 0 spiro atoms. The molecule has 0 atom stereocenters. The fraction of sp³-hybridized carbons (Fsp3) is 0.222. The van der Waals surface area contributed by atoms with Gasteiger partial charge in [-0.2, -0.15) is 0 Å². The van der Waals surface area contributed by atoms with Crippen LogP contribution in [-0.2, 0) is 10.0 Å². The highest BCUT2D eigenvalue weighted by atomic mass is 35.5. The molecule has 0 unspecified atom stereocenters. The number of aromatic nitrogens is 1. The zero-order valence-corrected chi connectivity index (χ0v) is 9.55. The number of nitrogens with one attached hydrogen (secondary N) is 1. The van der Waals surface area contributed by atoms with Gasteiger partial charge in [0.25, 0.3) is 0 Å². The van der Waals surface area contributed by atoms with E-state index in [1.807, 2.05) is 0 Å². The Labute approximate surface area is 94.0 Å². The van der Waals surface area contributed by atoms with Crippen LogP contribution in [0.2, 0.25) is 5.02 Å². The standard InChI is InChI=1S/C9H11ClN2O2S/c1-2-3-5-12-15(13,14)9-7-11-6-4-8(9)10/h2,4,6-7,12H,1,3,5H2. The Balaban J connectivity index is 2.87. The third-order valence-electron chi connectivity index (χ3n) is 1.66. The largest absolute Gasteiger partial charge is 0.263 e. The van der Waals surface area contributed by atoms with E-state index in [-0.39, 0.29) is 9.92 Å². The first-order chi connectivity index (χ1) is 7.08. The average molecular weight is 247 g/mol. The predicted octanol–water partition coefficient (Wildman–Crippen LogP) is 1.59. The van der Waals surface area contributed by atoms with Crippen LogP contribution in [0.5, 0.6) is 0 Å². The lowest BCUT2D eigenvalue weighted by Crippen LogP contribution is -2.24. The zero-order chi connectivity index (χ0) is 11.3. The molecule has 82 valence electrons. The maximum absolute atomic E-state index is 11.7. The van der Waals surface area contributed by atoms with Crippen molar-refractivity contribution in [3.05, 3.63) is 36.1 Å². The summed E-state index contributed by atoms with van der Waals surface area (Å²) in [7, 11) is -3.56. The molecule has 0 aliphatic rings. The van der Waals surface area contributed by atoms with Gasteiger partial charge in [0.2, 0.25) is 10.0 Å². The van der Waals surface area contributed by atoms with Crippen molar-refractivity contribution < 1.29 is 8.42 Å². The summed E-state index contributed by atoms with van der Waals surface area (Å²) in [6, 6.07) is 1.43. The Morgan fingerprint density at radius 2 is 2.33 bits per heavy atom. The number of nitrogens with zero attached hydrogens (tertiary/aromatic N) is 1. The highest BCUT2D eigenvalue weighted by Gasteiger charge is 2.16. The monoisotopic (exact) mass is 246 g/mol. The Kier molecular flexibility index (Phi) is 4.26. The second kappa shape index (κ2) is 5.25. The minimum absolute atomic E-state index is 0.00395. The summed E-state index contributed by atoms with van der Waals surface area (Å²) >= 11 is 5.74. The number of rotatable bonds is 5. The first-order valence-corrected chi connectivity index (χ1v) is 6.14. The third kappa shape index (κ3) is 3.30. The summed E-state index contributed by atoms with van der Waals surface area (Å²) < 4.78 is 25.7. The molecule has 0 aliphatic heterocycles. The van der Waals surface area contributed by atoms with Gasteiger partial charge in [0.1, 0.15) is 4.90 Å². The average Bonchev–Trinajstić information content (AvgIpc) is 2.18. The van der Waals surface area contributed by atoms with Crippen molar-refractivity contribution in [3.63, 3.8) is 0 Å². The Morgan fingerprint density at radius 3 is 2.93 bits per heavy atom. The van der Waals surface area contributed by atoms with Gasteiger partial charge in [0.05, 0.1) is 5.02 Å². The van der Waals surface area contributed by atoms with Crippen LogP contribution in [0.15, 0.2) is 36.0 Å². The smallest absolute Gasteiger partial charge is 0.243 e. The van der Waals surface area contributed by atoms with E-state index in [1.54, 1.807) is 6.08 Å². The number of sulfonamides is 1. The van der Waals surface area contributed by atoms with Gasteiger partial charge in [0.15, 0.2) is 0 Å². The highest BCUT2D eigenvalue weighted by molar-refractivity contribution is 7.89. The van der Waals surface area contributed by atoms with E-state index >= 15 is 0 Å². The van der Waals surface area contributed by atoms with Crippen molar-refractivity contribution >= 4 is 21.6 Å². The molecule has 0 fully saturated rings. The van der Waals surface area contributed by atoms with Gasteiger partial charge in [-0.1, -0.05) is 17.7 Å². The van der Waals surface area contributed by atoms with Gasteiger partial charge in [-0.3, -0.25) is 4.98 Å². The number of hydrogen-bond donors (Lipinski definition) is 1. The Morgan fingerprint density at radius 1 is 1.60 bits per heavy atom. The second-order valence-electron chi connectivity index (χ2n) is 2.78. The number of hydrogen-bond acceptors (Lipinski definition) is 3. The summed E-state index contributed by atoms with van der Waals surface area (Å²) in [6.07, 6.45) is 4.86. The summed E-state index contributed by atoms with van der Waals surface area (Å²) in [5.74, 6) is 0. The molecule has 0 amide bonds. The van der Waals surface area contributed by atoms with Crippen LogP contribution in [0, 0.1) is 0 Å². The Hall–Kier alpha value is -0.910. The predicted molar refractivity (Wildman–Crippen MR) is 59.2 cm³/mol. The summed E-state index contributed by atoms with van der Waals surface area (Å²) in [5, 5.41) is 0.163. The van der Waals surface area contributed by atoms with E-state index in [0.717, 1.165) is 0 Å². The second-order valence-corrected chi connectivity index (χ2v) is 4.92. The minimum atomic E-state index is -3.56. The van der Waals surface area contributed by atoms with Gasteiger partial charge in [0, 0.05) is 18.9 Å². The first-order valence-electron chi connectivity index (χ1n) is 4.28. The van der Waals surface area contributed by atoms with E-state index in [9.17, 15) is 8.42 Å². The SMILES string of the molecule is C=CCCNS(=O)(=O)c1cnccc1Cl. The molecule has 0 saturated heterocycles. The van der Waals surface area contributed by atoms with Gasteiger partial charge in [-0.25, -0.2) is 13.1 Å². The van der Waals surface area contributed by atoms with Gasteiger partial charge in [-0.05, 0) is 12.5 Å². The molecule has 0 aliphatic carbocycles. The number of pyridine rings is 1. The Bertz CT molecular complexity index is 445. The van der Waals surface area contributed by atoms with Crippen molar-refractivity contribution in [1.82, 2.24) is 9.71 Å². The molecule has 0 aromatic carbocycles. The van der Waals surface area contributed by atoms with E-state index < -0.39 is 10.0 Å². The quantitative estimate of drug-likeness (QED) is 0.634. The molecule has 15 heavy (non-hydrogen) atoms. The maximum atomic E-state index is 11.7. The molecule has 1 heterocycles. The van der Waals surface area contributed by atoms with Crippen molar-refractivity contribution in [2.24, 2.45) is 0 Å². The molecular weight excluding hydrogens is 236 g/mol. The maximum Gasteiger partial charge on any atom is 0.243 e. The van der Waals surface area contributed by atoms with E-state index in [2.05, 4.69) is 16.3 Å². The van der Waals surface area contributed by atoms with Crippen molar-refractivity contribution in [3.8, 4) is 0 Å². The lowest BCUT2D eigenvalue weighted by atomic mass is 10.4. The molecular formula is C9H11ClN2O2S. The lowest BCUT2D eigenvalue weighted by Gasteiger charge is -2.06. The zero-order valence-electron chi connectivity index (χ0n) is 7.98. The third-order valence-corrected chi connectivity index (χ3v) is 3.59. The van der Waals surface area contributed by atoms with Crippen LogP contribution in [0.25, 0.3) is 0 Å². The van der Waals surface area contributed by atoms with Crippen molar-refractivity contribution in [1.29, 1.82) is 0 Å². The topological polar surface area (TPSA) is 59.1 Å². The van der Waals surface area contributed by atoms with E-state index in [1.165, 1.54) is 18.5 Å². The van der Waals surface area contributed by atoms with Crippen LogP contribution in [-0.4, -0.2) is 19.9 Å². The van der Waals surface area contributed by atoms with Gasteiger partial charge in [-0.15, -0.1) is 6.58 Å². The molecule has 1 N–H and O–H groups in total. The molecule has 0 radical (unpaired) electrons. The van der Waals surface area contributed by atoms with Crippen LogP contribution >= 0.6 is 11.6 Å². The summed E-state index contributed by atoms with van der Waals surface area (Å²) in [5.41, 5.74) is 0. The molecule has 1 aromatic heterocycles. The molecule has 1 aromatic rings. The first kappa shape index (κ1) is 12.2. The van der Waals surface area contributed by atoms with Crippen LogP contribution in [0.4, 0.5) is 0 Å². The van der Waals surface area contributed by atoms with Crippen LogP contribution in [0.1, 0.15) is 6.42 Å². The molecule has 4 nitrogen and oxygen atoms in total. The van der Waals surface area contributed by atoms with E-state index in [0.29, 0.717) is 13.0 Å².